The van der Waals surface area contributed by atoms with E-state index in [1.54, 1.807) is 29.7 Å². The fourth-order valence-corrected chi connectivity index (χ4v) is 2.74. The third-order valence-corrected chi connectivity index (χ3v) is 3.82. The molecule has 0 atom stereocenters. The Morgan fingerprint density at radius 2 is 1.77 bits per heavy atom. The maximum atomic E-state index is 13.0. The van der Waals surface area contributed by atoms with E-state index < -0.39 is 0 Å². The summed E-state index contributed by atoms with van der Waals surface area (Å²) in [5.74, 6) is 0.302. The smallest absolute Gasteiger partial charge is 0.266 e. The zero-order valence-corrected chi connectivity index (χ0v) is 12.4. The molecule has 0 fully saturated rings. The molecular formula is C18H15NO3. The van der Waals surface area contributed by atoms with Crippen LogP contribution >= 0.6 is 0 Å². The lowest BCUT2D eigenvalue weighted by Gasteiger charge is -2.10. The number of benzene rings is 2. The topological polar surface area (TPSA) is 48.3 Å². The molecule has 0 N–H and O–H groups in total. The zero-order chi connectivity index (χ0) is 15.7. The van der Waals surface area contributed by atoms with E-state index in [1.807, 2.05) is 30.3 Å². The van der Waals surface area contributed by atoms with Gasteiger partial charge in [-0.2, -0.15) is 0 Å². The summed E-state index contributed by atoms with van der Waals surface area (Å²) < 4.78 is 6.84. The number of para-hydroxylation sites is 2. The van der Waals surface area contributed by atoms with Crippen LogP contribution in [0.25, 0.3) is 10.9 Å². The van der Waals surface area contributed by atoms with Gasteiger partial charge in [0, 0.05) is 16.6 Å². The van der Waals surface area contributed by atoms with Gasteiger partial charge in [-0.15, -0.1) is 0 Å². The van der Waals surface area contributed by atoms with Crippen molar-refractivity contribution in [1.29, 1.82) is 0 Å². The van der Waals surface area contributed by atoms with Crippen LogP contribution in [0, 0.1) is 6.92 Å². The summed E-state index contributed by atoms with van der Waals surface area (Å²) in [6.07, 6.45) is 0.795. The van der Waals surface area contributed by atoms with Crippen LogP contribution in [0.5, 0.6) is 5.75 Å². The van der Waals surface area contributed by atoms with Gasteiger partial charge in [0.1, 0.15) is 5.75 Å². The molecule has 110 valence electrons. The zero-order valence-electron chi connectivity index (χ0n) is 12.4. The molecule has 0 aliphatic heterocycles. The molecule has 4 heteroatoms. The van der Waals surface area contributed by atoms with Crippen molar-refractivity contribution in [3.8, 4) is 5.75 Å². The predicted octanol–water partition coefficient (Wildman–Crippen LogP) is 3.46. The first kappa shape index (κ1) is 14.1. The van der Waals surface area contributed by atoms with Crippen LogP contribution in [0.15, 0.2) is 48.5 Å². The number of methoxy groups -OCH3 is 1. The molecule has 0 aliphatic rings. The second-order valence-corrected chi connectivity index (χ2v) is 4.97. The summed E-state index contributed by atoms with van der Waals surface area (Å²) in [6, 6.07) is 14.4. The number of aromatic nitrogens is 1. The highest BCUT2D eigenvalue weighted by Gasteiger charge is 2.21. The molecule has 1 heterocycles. The minimum Gasteiger partial charge on any atom is -0.496 e. The molecule has 0 spiro atoms. The molecule has 4 nitrogen and oxygen atoms in total. The normalized spacial score (nSPS) is 10.6. The number of rotatable bonds is 3. The van der Waals surface area contributed by atoms with Crippen LogP contribution in [-0.2, 0) is 0 Å². The molecule has 0 saturated carbocycles. The molecule has 1 aromatic heterocycles. The monoisotopic (exact) mass is 293 g/mol. The van der Waals surface area contributed by atoms with E-state index in [4.69, 9.17) is 4.74 Å². The molecule has 0 amide bonds. The Morgan fingerprint density at radius 3 is 2.50 bits per heavy atom. The summed E-state index contributed by atoms with van der Waals surface area (Å²) in [5, 5.41) is 0.776. The van der Waals surface area contributed by atoms with Crippen LogP contribution in [0.4, 0.5) is 0 Å². The maximum Gasteiger partial charge on any atom is 0.266 e. The van der Waals surface area contributed by atoms with E-state index in [9.17, 15) is 9.59 Å². The van der Waals surface area contributed by atoms with E-state index >= 15 is 0 Å². The molecule has 3 rings (SSSR count). The van der Waals surface area contributed by atoms with Crippen molar-refractivity contribution in [2.45, 2.75) is 6.92 Å². The SMILES string of the molecule is COc1ccccc1C(=O)n1c(C)c(C=O)c2ccccc21. The average molecular weight is 293 g/mol. The van der Waals surface area contributed by atoms with Crippen molar-refractivity contribution in [3.63, 3.8) is 0 Å². The Hall–Kier alpha value is -2.88. The van der Waals surface area contributed by atoms with Crippen molar-refractivity contribution >= 4 is 23.1 Å². The standard InChI is InChI=1S/C18H15NO3/c1-12-15(11-20)13-7-3-5-9-16(13)19(12)18(21)14-8-4-6-10-17(14)22-2/h3-11H,1-2H3. The first-order valence-corrected chi connectivity index (χ1v) is 6.92. The lowest BCUT2D eigenvalue weighted by Crippen LogP contribution is -2.14. The lowest BCUT2D eigenvalue weighted by molar-refractivity contribution is 0.0960. The van der Waals surface area contributed by atoms with Crippen LogP contribution in [0.1, 0.15) is 26.4 Å². The molecule has 3 aromatic rings. The average Bonchev–Trinajstić information content (AvgIpc) is 2.85. The number of nitrogens with zero attached hydrogens (tertiary/aromatic N) is 1. The number of carbonyl (C=O) groups excluding carboxylic acids is 2. The van der Waals surface area contributed by atoms with Gasteiger partial charge in [0.25, 0.3) is 5.91 Å². The summed E-state index contributed by atoms with van der Waals surface area (Å²) in [4.78, 5) is 24.3. The highest BCUT2D eigenvalue weighted by molar-refractivity contribution is 6.09. The number of aldehydes is 1. The van der Waals surface area contributed by atoms with E-state index in [0.29, 0.717) is 22.6 Å². The van der Waals surface area contributed by atoms with E-state index in [0.717, 1.165) is 17.2 Å². The predicted molar refractivity (Wildman–Crippen MR) is 84.8 cm³/mol. The Labute approximate surface area is 127 Å². The van der Waals surface area contributed by atoms with Gasteiger partial charge in [-0.25, -0.2) is 0 Å². The van der Waals surface area contributed by atoms with Crippen molar-refractivity contribution in [2.24, 2.45) is 0 Å². The van der Waals surface area contributed by atoms with Crippen molar-refractivity contribution in [1.82, 2.24) is 4.57 Å². The molecule has 0 radical (unpaired) electrons. The molecular weight excluding hydrogens is 278 g/mol. The lowest BCUT2D eigenvalue weighted by atomic mass is 10.1. The third kappa shape index (κ3) is 2.00. The Bertz CT molecular complexity index is 877. The van der Waals surface area contributed by atoms with Gasteiger partial charge in [0.2, 0.25) is 0 Å². The van der Waals surface area contributed by atoms with Gasteiger partial charge in [0.15, 0.2) is 6.29 Å². The maximum absolute atomic E-state index is 13.0. The second-order valence-electron chi connectivity index (χ2n) is 4.97. The summed E-state index contributed by atoms with van der Waals surface area (Å²) in [6.45, 7) is 1.77. The largest absolute Gasteiger partial charge is 0.496 e. The van der Waals surface area contributed by atoms with Crippen molar-refractivity contribution < 1.29 is 14.3 Å². The Kier molecular flexibility index (Phi) is 3.51. The number of fused-ring (bicyclic) bond motifs is 1. The summed E-state index contributed by atoms with van der Waals surface area (Å²) >= 11 is 0. The number of carbonyl (C=O) groups is 2. The molecule has 22 heavy (non-hydrogen) atoms. The van der Waals surface area contributed by atoms with Crippen molar-refractivity contribution in [2.75, 3.05) is 7.11 Å². The number of hydrogen-bond acceptors (Lipinski definition) is 3. The molecule has 0 unspecified atom stereocenters. The third-order valence-electron chi connectivity index (χ3n) is 3.82. The van der Waals surface area contributed by atoms with Crippen LogP contribution in [-0.4, -0.2) is 23.9 Å². The first-order chi connectivity index (χ1) is 10.7. The Morgan fingerprint density at radius 1 is 1.09 bits per heavy atom. The highest BCUT2D eigenvalue weighted by atomic mass is 16.5. The highest BCUT2D eigenvalue weighted by Crippen LogP contribution is 2.27. The molecule has 0 aliphatic carbocycles. The van der Waals surface area contributed by atoms with Crippen molar-refractivity contribution in [3.05, 3.63) is 65.4 Å². The second kappa shape index (κ2) is 5.48. The van der Waals surface area contributed by atoms with Gasteiger partial charge in [-0.05, 0) is 25.1 Å². The number of hydrogen-bond donors (Lipinski definition) is 0. The summed E-state index contributed by atoms with van der Waals surface area (Å²) in [7, 11) is 1.53. The quantitative estimate of drug-likeness (QED) is 0.695. The fraction of sp³-hybridized carbons (Fsp3) is 0.111. The Balaban J connectivity index is 2.28. The van der Waals surface area contributed by atoms with E-state index in [1.165, 1.54) is 7.11 Å². The molecule has 2 aromatic carbocycles. The fourth-order valence-electron chi connectivity index (χ4n) is 2.74. The molecule has 0 saturated heterocycles. The number of ether oxygens (including phenoxy) is 1. The van der Waals surface area contributed by atoms with Gasteiger partial charge < -0.3 is 4.74 Å². The van der Waals surface area contributed by atoms with Gasteiger partial charge in [0.05, 0.1) is 18.2 Å². The van der Waals surface area contributed by atoms with Gasteiger partial charge in [-0.1, -0.05) is 30.3 Å². The van der Waals surface area contributed by atoms with Gasteiger partial charge in [-0.3, -0.25) is 14.2 Å². The van der Waals surface area contributed by atoms with Crippen LogP contribution < -0.4 is 4.74 Å². The first-order valence-electron chi connectivity index (χ1n) is 6.92. The van der Waals surface area contributed by atoms with E-state index in [-0.39, 0.29) is 5.91 Å². The van der Waals surface area contributed by atoms with Crippen LogP contribution in [0.2, 0.25) is 0 Å². The van der Waals surface area contributed by atoms with E-state index in [2.05, 4.69) is 0 Å². The summed E-state index contributed by atoms with van der Waals surface area (Å²) in [5.41, 5.74) is 2.36. The molecule has 0 bridgehead atoms. The van der Waals surface area contributed by atoms with Gasteiger partial charge >= 0.3 is 0 Å². The van der Waals surface area contributed by atoms with Crippen LogP contribution in [0.3, 0.4) is 0 Å². The minimum absolute atomic E-state index is 0.209. The minimum atomic E-state index is -0.209.